The zero-order valence-corrected chi connectivity index (χ0v) is 25.2. The number of rotatable bonds is 10. The normalized spacial score (nSPS) is 47.2. The van der Waals surface area contributed by atoms with Crippen molar-refractivity contribution in [3.05, 3.63) is 0 Å². The van der Waals surface area contributed by atoms with Gasteiger partial charge in [0.1, 0.15) is 21.9 Å². The minimum absolute atomic E-state index is 0.221. The van der Waals surface area contributed by atoms with E-state index in [9.17, 15) is 19.2 Å². The molecule has 39 heavy (non-hydrogen) atoms. The molecule has 6 bridgehead atoms. The van der Waals surface area contributed by atoms with E-state index in [4.69, 9.17) is 18.9 Å². The lowest BCUT2D eigenvalue weighted by molar-refractivity contribution is -0.191. The Morgan fingerprint density at radius 3 is 2.41 bits per heavy atom. The number of fused-ring (bicyclic) bond motifs is 11. The first-order chi connectivity index (χ1) is 18.8. The Hall–Kier alpha value is -1.23. The van der Waals surface area contributed by atoms with Crippen LogP contribution in [0.1, 0.15) is 65.2 Å². The Labute approximate surface area is 244 Å². The van der Waals surface area contributed by atoms with Gasteiger partial charge in [0.25, 0.3) is 0 Å². The van der Waals surface area contributed by atoms with Gasteiger partial charge < -0.3 is 23.7 Å². The molecule has 0 spiro atoms. The summed E-state index contributed by atoms with van der Waals surface area (Å²) in [6.45, 7) is 3.52. The van der Waals surface area contributed by atoms with Crippen molar-refractivity contribution in [1.29, 1.82) is 0 Å². The average Bonchev–Trinajstić information content (AvgIpc) is 3.77. The first kappa shape index (κ1) is 27.9. The highest BCUT2D eigenvalue weighted by molar-refractivity contribution is 14.1. The summed E-state index contributed by atoms with van der Waals surface area (Å²) >= 11 is 1.98. The summed E-state index contributed by atoms with van der Waals surface area (Å²) < 4.78 is 22.8. The molecular formula is C30H41IO8. The van der Waals surface area contributed by atoms with Crippen molar-refractivity contribution in [2.24, 2.45) is 59.2 Å². The fourth-order valence-corrected chi connectivity index (χ4v) is 10.6. The zero-order chi connectivity index (χ0) is 27.6. The monoisotopic (exact) mass is 656 g/mol. The Bertz CT molecular complexity index is 1020. The quantitative estimate of drug-likeness (QED) is 0.0864. The summed E-state index contributed by atoms with van der Waals surface area (Å²) in [5, 5.41) is 0. The van der Waals surface area contributed by atoms with Gasteiger partial charge in [-0.1, -0.05) is 36.4 Å². The molecule has 0 heterocycles. The van der Waals surface area contributed by atoms with Crippen molar-refractivity contribution in [2.45, 2.75) is 86.9 Å². The molecule has 0 aliphatic heterocycles. The number of carbonyl (C=O) groups is 4. The predicted octanol–water partition coefficient (Wildman–Crippen LogP) is 4.15. The van der Waals surface area contributed by atoms with Crippen LogP contribution in [0.15, 0.2) is 0 Å². The zero-order valence-electron chi connectivity index (χ0n) is 23.1. The van der Waals surface area contributed by atoms with Gasteiger partial charge in [0.05, 0.1) is 12.0 Å². The summed E-state index contributed by atoms with van der Waals surface area (Å²) in [7, 11) is 1.54. The largest absolute Gasteiger partial charge is 0.459 e. The fourth-order valence-electron chi connectivity index (χ4n) is 10.5. The molecule has 6 aliphatic carbocycles. The number of hydrogen-bond acceptors (Lipinski definition) is 8. The molecule has 6 aliphatic rings. The summed E-state index contributed by atoms with van der Waals surface area (Å²) in [4.78, 5) is 50.9. The van der Waals surface area contributed by atoms with E-state index in [0.717, 1.165) is 43.3 Å². The van der Waals surface area contributed by atoms with Crippen LogP contribution in [-0.2, 0) is 38.1 Å². The van der Waals surface area contributed by atoms with Crippen molar-refractivity contribution >= 4 is 46.8 Å². The van der Waals surface area contributed by atoms with Crippen LogP contribution in [0.25, 0.3) is 0 Å². The smallest absolute Gasteiger partial charge is 0.344 e. The van der Waals surface area contributed by atoms with E-state index < -0.39 is 48.2 Å². The molecule has 0 radical (unpaired) electrons. The van der Waals surface area contributed by atoms with Gasteiger partial charge in [-0.2, -0.15) is 0 Å². The first-order valence-corrected chi connectivity index (χ1v) is 16.2. The van der Waals surface area contributed by atoms with E-state index in [1.54, 1.807) is 0 Å². The molecule has 6 rings (SSSR count). The predicted molar refractivity (Wildman–Crippen MR) is 148 cm³/mol. The van der Waals surface area contributed by atoms with Crippen LogP contribution in [0.5, 0.6) is 0 Å². The molecule has 6 saturated carbocycles. The lowest BCUT2D eigenvalue weighted by atomic mass is 9.65. The van der Waals surface area contributed by atoms with Crippen molar-refractivity contribution in [1.82, 2.24) is 0 Å². The maximum Gasteiger partial charge on any atom is 0.344 e. The molecule has 8 nitrogen and oxygen atoms in total. The van der Waals surface area contributed by atoms with Crippen LogP contribution >= 0.6 is 22.6 Å². The fraction of sp³-hybridized carbons (Fsp3) is 0.867. The third-order valence-electron chi connectivity index (χ3n) is 11.8. The van der Waals surface area contributed by atoms with Crippen LogP contribution in [0.4, 0.5) is 0 Å². The van der Waals surface area contributed by atoms with E-state index in [1.165, 1.54) is 26.4 Å². The van der Waals surface area contributed by atoms with Crippen LogP contribution in [0, 0.1) is 59.2 Å². The Morgan fingerprint density at radius 2 is 1.74 bits per heavy atom. The van der Waals surface area contributed by atoms with Crippen LogP contribution < -0.4 is 0 Å². The summed E-state index contributed by atoms with van der Waals surface area (Å²) in [5.74, 6) is 1.02. The molecule has 216 valence electrons. The van der Waals surface area contributed by atoms with Crippen LogP contribution in [0.3, 0.4) is 0 Å². The van der Waals surface area contributed by atoms with E-state index in [0.29, 0.717) is 30.6 Å². The van der Waals surface area contributed by atoms with Gasteiger partial charge in [-0.3, -0.25) is 9.59 Å². The number of aldehydes is 1. The number of hydrogen-bond donors (Lipinski definition) is 0. The van der Waals surface area contributed by atoms with Gasteiger partial charge in [-0.15, -0.1) is 0 Å². The van der Waals surface area contributed by atoms with Gasteiger partial charge >= 0.3 is 17.9 Å². The Kier molecular flexibility index (Phi) is 7.55. The molecular weight excluding hydrogens is 615 g/mol. The minimum Gasteiger partial charge on any atom is -0.459 e. The number of methoxy groups -OCH3 is 1. The third-order valence-corrected chi connectivity index (χ3v) is 13.2. The van der Waals surface area contributed by atoms with Gasteiger partial charge in [-0.25, -0.2) is 4.79 Å². The van der Waals surface area contributed by atoms with Gasteiger partial charge in [-0.05, 0) is 86.9 Å². The molecule has 6 fully saturated rings. The number of alkyl halides is 1. The van der Waals surface area contributed by atoms with Crippen molar-refractivity contribution in [3.63, 3.8) is 0 Å². The Balaban J connectivity index is 1.16. The maximum absolute atomic E-state index is 14.0. The average molecular weight is 657 g/mol. The maximum atomic E-state index is 14.0. The van der Waals surface area contributed by atoms with E-state index in [2.05, 4.69) is 6.92 Å². The molecule has 9 heteroatoms. The second kappa shape index (κ2) is 10.6. The Morgan fingerprint density at radius 1 is 1.00 bits per heavy atom. The van der Waals surface area contributed by atoms with Crippen molar-refractivity contribution < 1.29 is 38.1 Å². The third kappa shape index (κ3) is 4.29. The van der Waals surface area contributed by atoms with E-state index in [-0.39, 0.29) is 21.7 Å². The van der Waals surface area contributed by atoms with Gasteiger partial charge in [0, 0.05) is 24.9 Å². The topological polar surface area (TPSA) is 105 Å². The number of carbonyl (C=O) groups excluding carboxylic acids is 4. The standard InChI is InChI=1S/C30H41IO8/c1-4-21(31)28(34)37-13-22(33)38-27-18-10-17(26(27)36-3)19(12-32)25(18)29(35)39-30(5-2)11-16-9-20(30)24-15-7-6-14(8-15)23(16)24/h12,14-21,23-27H,4-11,13H2,1-3H3. The van der Waals surface area contributed by atoms with Gasteiger partial charge in [0.15, 0.2) is 6.61 Å². The molecule has 0 saturated heterocycles. The molecule has 0 aromatic rings. The molecule has 0 amide bonds. The molecule has 14 unspecified atom stereocenters. The number of halogens is 1. The van der Waals surface area contributed by atoms with Crippen LogP contribution in [-0.4, -0.2) is 59.6 Å². The summed E-state index contributed by atoms with van der Waals surface area (Å²) in [6, 6.07) is 0. The van der Waals surface area contributed by atoms with Crippen molar-refractivity contribution in [3.8, 4) is 0 Å². The highest BCUT2D eigenvalue weighted by Gasteiger charge is 2.69. The lowest BCUT2D eigenvalue weighted by Gasteiger charge is -2.46. The van der Waals surface area contributed by atoms with Gasteiger partial charge in [0.2, 0.25) is 0 Å². The molecule has 0 N–H and O–H groups in total. The summed E-state index contributed by atoms with van der Waals surface area (Å²) in [5.41, 5.74) is -0.445. The SMILES string of the molecule is CCC(I)C(=O)OCC(=O)OC1C2CC(C(C=O)C2C(=O)OC2(CC)CC3CC2C2C4CCC(C4)C32)C1OC. The first-order valence-electron chi connectivity index (χ1n) is 15.0. The minimum atomic E-state index is -0.686. The summed E-state index contributed by atoms with van der Waals surface area (Å²) in [6.07, 6.45) is 7.82. The highest BCUT2D eigenvalue weighted by Crippen LogP contribution is 2.71. The van der Waals surface area contributed by atoms with E-state index in [1.807, 2.05) is 29.5 Å². The molecule has 0 aromatic carbocycles. The second-order valence-electron chi connectivity index (χ2n) is 13.1. The van der Waals surface area contributed by atoms with Crippen LogP contribution in [0.2, 0.25) is 0 Å². The van der Waals surface area contributed by atoms with E-state index >= 15 is 0 Å². The molecule has 14 atom stereocenters. The van der Waals surface area contributed by atoms with Crippen molar-refractivity contribution in [2.75, 3.05) is 13.7 Å². The second-order valence-corrected chi connectivity index (χ2v) is 14.6. The highest BCUT2D eigenvalue weighted by atomic mass is 127. The molecule has 0 aromatic heterocycles. The number of esters is 3. The lowest BCUT2D eigenvalue weighted by Crippen LogP contribution is -2.52. The number of ether oxygens (including phenoxy) is 4.